The van der Waals surface area contributed by atoms with Gasteiger partial charge in [-0.3, -0.25) is 0 Å². The maximum Gasteiger partial charge on any atom is 0.119 e. The number of hydrogen-bond donors (Lipinski definition) is 1. The zero-order valence-electron chi connectivity index (χ0n) is 12.5. The lowest BCUT2D eigenvalue weighted by atomic mass is 10.2. The van der Waals surface area contributed by atoms with Gasteiger partial charge in [0, 0.05) is 31.4 Å². The van der Waals surface area contributed by atoms with E-state index in [1.54, 1.807) is 0 Å². The summed E-state index contributed by atoms with van der Waals surface area (Å²) < 4.78 is 5.82. The van der Waals surface area contributed by atoms with Gasteiger partial charge < -0.3 is 15.0 Å². The first-order valence-corrected chi connectivity index (χ1v) is 7.56. The Hall–Kier alpha value is -2.00. The summed E-state index contributed by atoms with van der Waals surface area (Å²) in [6.45, 7) is 6.01. The molecule has 3 nitrogen and oxygen atoms in total. The molecule has 1 fully saturated rings. The number of hydrogen-bond acceptors (Lipinski definition) is 3. The van der Waals surface area contributed by atoms with E-state index in [2.05, 4.69) is 53.5 Å². The molecule has 1 heterocycles. The molecular weight excluding hydrogens is 260 g/mol. The molecule has 110 valence electrons. The van der Waals surface area contributed by atoms with E-state index < -0.39 is 0 Å². The zero-order chi connectivity index (χ0) is 14.5. The zero-order valence-corrected chi connectivity index (χ0v) is 12.5. The van der Waals surface area contributed by atoms with Gasteiger partial charge in [0.2, 0.25) is 0 Å². The van der Waals surface area contributed by atoms with Gasteiger partial charge in [-0.1, -0.05) is 30.3 Å². The van der Waals surface area contributed by atoms with Gasteiger partial charge in [-0.25, -0.2) is 0 Å². The minimum Gasteiger partial charge on any atom is -0.489 e. The molecule has 0 unspecified atom stereocenters. The number of nitrogens with one attached hydrogen (secondary N) is 1. The summed E-state index contributed by atoms with van der Waals surface area (Å²) in [5.41, 5.74) is 2.47. The summed E-state index contributed by atoms with van der Waals surface area (Å²) in [4.78, 5) is 2.42. The smallest absolute Gasteiger partial charge is 0.119 e. The summed E-state index contributed by atoms with van der Waals surface area (Å²) in [6.07, 6.45) is 0. The Kier molecular flexibility index (Phi) is 4.41. The van der Waals surface area contributed by atoms with Crippen LogP contribution in [0.3, 0.4) is 0 Å². The van der Waals surface area contributed by atoms with Crippen molar-refractivity contribution in [3.05, 3.63) is 60.2 Å². The lowest BCUT2D eigenvalue weighted by Gasteiger charge is -2.33. The van der Waals surface area contributed by atoms with E-state index in [0.717, 1.165) is 25.4 Å². The maximum absolute atomic E-state index is 5.82. The summed E-state index contributed by atoms with van der Waals surface area (Å²) >= 11 is 0. The Morgan fingerprint density at radius 2 is 1.86 bits per heavy atom. The molecule has 1 N–H and O–H groups in total. The average molecular weight is 282 g/mol. The molecule has 0 amide bonds. The molecule has 0 saturated carbocycles. The van der Waals surface area contributed by atoms with Gasteiger partial charge in [-0.2, -0.15) is 0 Å². The minimum absolute atomic E-state index is 0.549. The highest BCUT2D eigenvalue weighted by Crippen LogP contribution is 2.21. The van der Waals surface area contributed by atoms with Crippen LogP contribution in [0, 0.1) is 0 Å². The Balaban J connectivity index is 1.59. The highest BCUT2D eigenvalue weighted by Gasteiger charge is 2.15. The molecule has 1 atom stereocenters. The molecule has 2 aromatic carbocycles. The molecule has 0 spiro atoms. The van der Waals surface area contributed by atoms with Crippen LogP contribution in [0.2, 0.25) is 0 Å². The van der Waals surface area contributed by atoms with E-state index in [1.807, 2.05) is 18.2 Å². The van der Waals surface area contributed by atoms with E-state index in [4.69, 9.17) is 4.74 Å². The van der Waals surface area contributed by atoms with Crippen molar-refractivity contribution in [3.8, 4) is 5.75 Å². The first-order valence-electron chi connectivity index (χ1n) is 7.56. The van der Waals surface area contributed by atoms with Crippen molar-refractivity contribution in [1.82, 2.24) is 5.32 Å². The molecule has 3 rings (SSSR count). The normalized spacial score (nSPS) is 18.5. The van der Waals surface area contributed by atoms with Gasteiger partial charge in [-0.15, -0.1) is 0 Å². The monoisotopic (exact) mass is 282 g/mol. The predicted octanol–water partition coefficient (Wildman–Crippen LogP) is 3.06. The van der Waals surface area contributed by atoms with Gasteiger partial charge in [0.15, 0.2) is 0 Å². The predicted molar refractivity (Wildman–Crippen MR) is 86.9 cm³/mol. The Morgan fingerprint density at radius 1 is 1.10 bits per heavy atom. The van der Waals surface area contributed by atoms with Crippen molar-refractivity contribution in [1.29, 1.82) is 0 Å². The van der Waals surface area contributed by atoms with E-state index in [9.17, 15) is 0 Å². The van der Waals surface area contributed by atoms with E-state index in [1.165, 1.54) is 11.3 Å². The van der Waals surface area contributed by atoms with Crippen molar-refractivity contribution in [2.45, 2.75) is 19.6 Å². The van der Waals surface area contributed by atoms with E-state index >= 15 is 0 Å². The van der Waals surface area contributed by atoms with Crippen LogP contribution in [-0.2, 0) is 6.61 Å². The number of benzene rings is 2. The highest BCUT2D eigenvalue weighted by atomic mass is 16.5. The molecule has 1 saturated heterocycles. The molecule has 0 radical (unpaired) electrons. The van der Waals surface area contributed by atoms with Crippen molar-refractivity contribution in [3.63, 3.8) is 0 Å². The standard InChI is InChI=1S/C18H22N2O/c1-15-13-20(12-11-19-15)17-7-9-18(10-8-17)21-14-16-5-3-2-4-6-16/h2-10,15,19H,11-14H2,1H3/t15-/m1/s1. The highest BCUT2D eigenvalue weighted by molar-refractivity contribution is 5.49. The molecule has 0 aromatic heterocycles. The molecule has 0 bridgehead atoms. The van der Waals surface area contributed by atoms with Gasteiger partial charge in [0.05, 0.1) is 0 Å². The second-order valence-electron chi connectivity index (χ2n) is 5.57. The number of ether oxygens (including phenoxy) is 1. The third kappa shape index (κ3) is 3.76. The number of piperazine rings is 1. The van der Waals surface area contributed by atoms with E-state index in [-0.39, 0.29) is 0 Å². The largest absolute Gasteiger partial charge is 0.489 e. The Morgan fingerprint density at radius 3 is 2.57 bits per heavy atom. The number of rotatable bonds is 4. The summed E-state index contributed by atoms with van der Waals surface area (Å²) in [5, 5.41) is 3.47. The van der Waals surface area contributed by atoms with Crippen LogP contribution < -0.4 is 15.0 Å². The van der Waals surface area contributed by atoms with Crippen LogP contribution in [0.4, 0.5) is 5.69 Å². The SMILES string of the molecule is C[C@@H]1CN(c2ccc(OCc3ccccc3)cc2)CCN1. The fourth-order valence-corrected chi connectivity index (χ4v) is 2.66. The van der Waals surface area contributed by atoms with Crippen LogP contribution in [-0.4, -0.2) is 25.7 Å². The van der Waals surface area contributed by atoms with Gasteiger partial charge in [-0.05, 0) is 36.8 Å². The van der Waals surface area contributed by atoms with Crippen molar-refractivity contribution < 1.29 is 4.74 Å². The van der Waals surface area contributed by atoms with Crippen LogP contribution in [0.5, 0.6) is 5.75 Å². The molecule has 2 aromatic rings. The van der Waals surface area contributed by atoms with Crippen LogP contribution in [0.1, 0.15) is 12.5 Å². The number of nitrogens with zero attached hydrogens (tertiary/aromatic N) is 1. The van der Waals surface area contributed by atoms with Gasteiger partial charge in [0.1, 0.15) is 12.4 Å². The number of anilines is 1. The second-order valence-corrected chi connectivity index (χ2v) is 5.57. The van der Waals surface area contributed by atoms with Crippen LogP contribution >= 0.6 is 0 Å². The molecule has 0 aliphatic carbocycles. The second kappa shape index (κ2) is 6.64. The first kappa shape index (κ1) is 14.0. The molecule has 1 aliphatic heterocycles. The molecule has 1 aliphatic rings. The van der Waals surface area contributed by atoms with E-state index in [0.29, 0.717) is 12.6 Å². The summed E-state index contributed by atoms with van der Waals surface area (Å²) in [7, 11) is 0. The fourth-order valence-electron chi connectivity index (χ4n) is 2.66. The van der Waals surface area contributed by atoms with Crippen molar-refractivity contribution in [2.75, 3.05) is 24.5 Å². The quantitative estimate of drug-likeness (QED) is 0.932. The topological polar surface area (TPSA) is 24.5 Å². The Bertz CT molecular complexity index is 553. The maximum atomic E-state index is 5.82. The van der Waals surface area contributed by atoms with Gasteiger partial charge in [0.25, 0.3) is 0 Å². The third-order valence-corrected chi connectivity index (χ3v) is 3.82. The first-order chi connectivity index (χ1) is 10.3. The minimum atomic E-state index is 0.549. The van der Waals surface area contributed by atoms with Crippen molar-refractivity contribution in [2.24, 2.45) is 0 Å². The molecule has 21 heavy (non-hydrogen) atoms. The van der Waals surface area contributed by atoms with Gasteiger partial charge >= 0.3 is 0 Å². The van der Waals surface area contributed by atoms with Crippen LogP contribution in [0.25, 0.3) is 0 Å². The van der Waals surface area contributed by atoms with Crippen molar-refractivity contribution >= 4 is 5.69 Å². The Labute approximate surface area is 126 Å². The summed E-state index contributed by atoms with van der Waals surface area (Å²) in [6, 6.07) is 19.2. The lowest BCUT2D eigenvalue weighted by molar-refractivity contribution is 0.306. The average Bonchev–Trinajstić information content (AvgIpc) is 2.54. The molecular formula is C18H22N2O. The fraction of sp³-hybridized carbons (Fsp3) is 0.333. The van der Waals surface area contributed by atoms with Crippen LogP contribution in [0.15, 0.2) is 54.6 Å². The lowest BCUT2D eigenvalue weighted by Crippen LogP contribution is -2.49. The molecule has 3 heteroatoms. The third-order valence-electron chi connectivity index (χ3n) is 3.82. The summed E-state index contributed by atoms with van der Waals surface area (Å²) in [5.74, 6) is 0.922.